The number of carbonyl (C=O) groups is 11. The maximum atomic E-state index is 13.8. The number of fused-ring (bicyclic) bond motifs is 4. The summed E-state index contributed by atoms with van der Waals surface area (Å²) >= 11 is 0. The molecule has 0 aromatic rings. The van der Waals surface area contributed by atoms with Gasteiger partial charge in [0.25, 0.3) is 0 Å². The highest BCUT2D eigenvalue weighted by molar-refractivity contribution is 5.78. The van der Waals surface area contributed by atoms with Crippen molar-refractivity contribution in [2.45, 2.75) is 210 Å². The van der Waals surface area contributed by atoms with Crippen LogP contribution in [-0.4, -0.2) is 242 Å². The predicted molar refractivity (Wildman–Crippen MR) is 325 cm³/mol. The molecule has 0 spiro atoms. The highest BCUT2D eigenvalue weighted by Crippen LogP contribution is 2.42. The third kappa shape index (κ3) is 29.4. The smallest absolute Gasteiger partial charge is 0.303 e. The molecule has 4 bridgehead atoms. The lowest BCUT2D eigenvalue weighted by Crippen LogP contribution is -2.68. The molecule has 11 N–H and O–H groups in total. The van der Waals surface area contributed by atoms with Crippen molar-refractivity contribution in [3.05, 3.63) is 0 Å². The van der Waals surface area contributed by atoms with Crippen LogP contribution in [-0.2, 0) is 115 Å². The molecule has 10 atom stereocenters. The Kier molecular flexibility index (Phi) is 36.6. The molecule has 0 unspecified atom stereocenters. The summed E-state index contributed by atoms with van der Waals surface area (Å²) in [6.45, 7) is 7.49. The molecule has 0 aliphatic carbocycles. The van der Waals surface area contributed by atoms with Gasteiger partial charge in [-0.1, -0.05) is 38.5 Å². The molecule has 4 aliphatic rings. The van der Waals surface area contributed by atoms with Crippen molar-refractivity contribution >= 4 is 65.3 Å². The van der Waals surface area contributed by atoms with Crippen LogP contribution in [0.25, 0.3) is 0 Å². The number of hydrogen-bond donors (Lipinski definition) is 10. The van der Waals surface area contributed by atoms with E-state index in [0.717, 1.165) is 38.5 Å². The van der Waals surface area contributed by atoms with Crippen LogP contribution in [0.5, 0.6) is 0 Å². The van der Waals surface area contributed by atoms with Gasteiger partial charge in [0.15, 0.2) is 48.2 Å². The second kappa shape index (κ2) is 43.0. The number of hydroxylamine groups is 2. The van der Waals surface area contributed by atoms with Crippen LogP contribution in [0.3, 0.4) is 0 Å². The number of nitrogens with two attached hydrogens (primary N) is 1. The molecule has 4 saturated heterocycles. The van der Waals surface area contributed by atoms with Gasteiger partial charge >= 0.3 is 29.8 Å². The molecule has 34 nitrogen and oxygen atoms in total. The van der Waals surface area contributed by atoms with Gasteiger partial charge in [-0.2, -0.15) is 0 Å². The van der Waals surface area contributed by atoms with Gasteiger partial charge in [0, 0.05) is 106 Å². The van der Waals surface area contributed by atoms with E-state index in [1.165, 1.54) is 41.5 Å². The van der Waals surface area contributed by atoms with Crippen LogP contribution >= 0.6 is 0 Å². The largest absolute Gasteiger partial charge is 0.481 e. The van der Waals surface area contributed by atoms with Crippen molar-refractivity contribution in [1.82, 2.24) is 42.9 Å². The van der Waals surface area contributed by atoms with Crippen LogP contribution in [0.1, 0.15) is 144 Å². The fourth-order valence-corrected chi connectivity index (χ4v) is 10.8. The van der Waals surface area contributed by atoms with E-state index in [1.807, 2.05) is 0 Å². The summed E-state index contributed by atoms with van der Waals surface area (Å²) in [7, 11) is 0. The lowest BCUT2D eigenvalue weighted by atomic mass is 9.87. The quantitative estimate of drug-likeness (QED) is 0.0144. The van der Waals surface area contributed by atoms with Crippen molar-refractivity contribution in [2.24, 2.45) is 5.73 Å². The average molecular weight is 1350 g/mol. The third-order valence-electron chi connectivity index (χ3n) is 15.1. The SMILES string of the molecule is CC(=O)N[C@H]1[C@H]2OC[C@](CONCCCNC(=O)CCOCC(COCCC(=O)NCCCN)(COCCC(=O)NCCCNOC[C@@]34CO[C@@H](O3)[C@H](NC(C)=O)[C@@H](OC(C)=O)[C@H]4OC(C)=O)NC(=O)CCCCCCCCCCC(=O)O)(O2)[C@H](OC(C)=O)[C@@H]1OC(C)=O. The highest BCUT2D eigenvalue weighted by atomic mass is 16.8. The summed E-state index contributed by atoms with van der Waals surface area (Å²) in [6, 6.07) is -1.96. The molecule has 0 aromatic heterocycles. The molecule has 0 radical (unpaired) electrons. The molecule has 4 fully saturated rings. The Morgan fingerprint density at radius 3 is 1.20 bits per heavy atom. The first kappa shape index (κ1) is 80.1. The van der Waals surface area contributed by atoms with E-state index >= 15 is 0 Å². The Balaban J connectivity index is 1.30. The van der Waals surface area contributed by atoms with Gasteiger partial charge in [-0.05, 0) is 38.6 Å². The van der Waals surface area contributed by atoms with Crippen molar-refractivity contribution in [1.29, 1.82) is 0 Å². The summed E-state index contributed by atoms with van der Waals surface area (Å²) in [4.78, 5) is 147. The van der Waals surface area contributed by atoms with Crippen molar-refractivity contribution in [3.63, 3.8) is 0 Å². The molecule has 94 heavy (non-hydrogen) atoms. The van der Waals surface area contributed by atoms with Crippen LogP contribution < -0.4 is 48.6 Å². The zero-order valence-corrected chi connectivity index (χ0v) is 55.1. The Labute approximate surface area is 547 Å². The Morgan fingerprint density at radius 1 is 0.468 bits per heavy atom. The molecule has 4 aliphatic heterocycles. The van der Waals surface area contributed by atoms with E-state index in [1.54, 1.807) is 0 Å². The van der Waals surface area contributed by atoms with Crippen LogP contribution in [0.15, 0.2) is 0 Å². The fraction of sp³-hybridized carbons (Fsp3) is 0.817. The maximum absolute atomic E-state index is 13.8. The minimum absolute atomic E-state index is 0.000839. The van der Waals surface area contributed by atoms with Crippen LogP contribution in [0.2, 0.25) is 0 Å². The third-order valence-corrected chi connectivity index (χ3v) is 15.1. The number of carboxylic acids is 1. The van der Waals surface area contributed by atoms with Gasteiger partial charge in [-0.25, -0.2) is 11.0 Å². The van der Waals surface area contributed by atoms with E-state index < -0.39 is 107 Å². The highest BCUT2D eigenvalue weighted by Gasteiger charge is 2.65. The Morgan fingerprint density at radius 2 is 0.840 bits per heavy atom. The summed E-state index contributed by atoms with van der Waals surface area (Å²) in [5, 5.41) is 25.6. The van der Waals surface area contributed by atoms with Gasteiger partial charge < -0.3 is 94.8 Å². The van der Waals surface area contributed by atoms with Gasteiger partial charge in [0.2, 0.25) is 35.4 Å². The number of aliphatic carboxylic acids is 1. The summed E-state index contributed by atoms with van der Waals surface area (Å²) in [5.74, 6) is -5.78. The minimum atomic E-state index is -1.41. The summed E-state index contributed by atoms with van der Waals surface area (Å²) in [5.41, 5.74) is 6.99. The molecular weight excluding hydrogens is 1250 g/mol. The number of carbonyl (C=O) groups excluding carboxylic acids is 10. The summed E-state index contributed by atoms with van der Waals surface area (Å²) < 4.78 is 64.2. The Hall–Kier alpha value is -6.31. The topological polar surface area (TPSA) is 450 Å². The molecule has 4 heterocycles. The number of amides is 6. The molecule has 536 valence electrons. The van der Waals surface area contributed by atoms with E-state index in [4.69, 9.17) is 72.6 Å². The molecule has 0 aromatic carbocycles. The van der Waals surface area contributed by atoms with E-state index in [0.29, 0.717) is 45.2 Å². The molecule has 0 saturated carbocycles. The molecule has 6 amide bonds. The lowest BCUT2D eigenvalue weighted by molar-refractivity contribution is -0.254. The van der Waals surface area contributed by atoms with E-state index in [-0.39, 0.29) is 148 Å². The van der Waals surface area contributed by atoms with Gasteiger partial charge in [0.05, 0.1) is 52.9 Å². The number of carboxylic acid groups (broad SMARTS) is 1. The Bertz CT molecular complexity index is 2310. The molecular formula is C60H101N9O25. The van der Waals surface area contributed by atoms with Crippen molar-refractivity contribution < 1.29 is 120 Å². The van der Waals surface area contributed by atoms with E-state index in [2.05, 4.69) is 42.9 Å². The van der Waals surface area contributed by atoms with E-state index in [9.17, 15) is 52.7 Å². The average Bonchev–Trinajstić information content (AvgIpc) is 1.56. The first-order valence-electron chi connectivity index (χ1n) is 32.2. The van der Waals surface area contributed by atoms with Gasteiger partial charge in [-0.15, -0.1) is 0 Å². The predicted octanol–water partition coefficient (Wildman–Crippen LogP) is -1.45. The first-order valence-corrected chi connectivity index (χ1v) is 32.2. The van der Waals surface area contributed by atoms with Crippen molar-refractivity contribution in [3.8, 4) is 0 Å². The molecule has 4 rings (SSSR count). The second-order valence-corrected chi connectivity index (χ2v) is 23.6. The van der Waals surface area contributed by atoms with Crippen LogP contribution in [0, 0.1) is 0 Å². The lowest BCUT2D eigenvalue weighted by Gasteiger charge is -2.45. The summed E-state index contributed by atoms with van der Waals surface area (Å²) in [6.07, 6.45) is 1.18. The van der Waals surface area contributed by atoms with Crippen molar-refractivity contribution in [2.75, 3.05) is 105 Å². The van der Waals surface area contributed by atoms with Gasteiger partial charge in [-0.3, -0.25) is 62.4 Å². The number of rotatable bonds is 50. The van der Waals surface area contributed by atoms with Gasteiger partial charge in [0.1, 0.15) is 30.8 Å². The zero-order chi connectivity index (χ0) is 68.9. The number of ether oxygens (including phenoxy) is 11. The number of nitrogens with one attached hydrogen (secondary N) is 8. The van der Waals surface area contributed by atoms with Crippen LogP contribution in [0.4, 0.5) is 0 Å². The number of esters is 4. The zero-order valence-electron chi connectivity index (χ0n) is 55.1. The second-order valence-electron chi connectivity index (χ2n) is 23.6. The monoisotopic (exact) mass is 1350 g/mol. The number of hydrogen-bond acceptors (Lipinski definition) is 27. The standard InChI is InChI=1S/C60H101N9O25/c1-39(70)67-50-52(89-41(3)72)54(91-43(5)74)59(35-85-56(50)93-59)37-87-65-27-16-25-63-46(77)21-30-83-33-58(32-82-29-20-45(76)62-24-15-23-61,69-48(79)18-13-11-9-7-8-10-12-14-19-49(80)81)34-84-31-22-47(78)64-26-17-28-66-88-38-60-36-86-57(94-60)51(68-40(2)71)53(90-42(4)73)55(60)92-44(6)75/h50-57,65-66H,7-38,61H2,1-6H3,(H,62,76)(H,63,77)(H,64,78)(H,67,70)(H,68,71)(H,69,79)(H,80,81)/t50-,51-,52-,53-,54-,55-,56+,57+,59-,60-/m1/s1. The number of unbranched alkanes of at least 4 members (excludes halogenated alkanes) is 7. The normalized spacial score (nSPS) is 24.0. The minimum Gasteiger partial charge on any atom is -0.481 e. The maximum Gasteiger partial charge on any atom is 0.303 e. The molecule has 34 heteroatoms. The fourth-order valence-electron chi connectivity index (χ4n) is 10.8. The first-order chi connectivity index (χ1) is 44.9.